The molecule has 0 fully saturated rings. The summed E-state index contributed by atoms with van der Waals surface area (Å²) in [5.41, 5.74) is 1.18. The van der Waals surface area contributed by atoms with Crippen LogP contribution in [0, 0.1) is 0 Å². The zero-order valence-electron chi connectivity index (χ0n) is 7.25. The van der Waals surface area contributed by atoms with Crippen molar-refractivity contribution in [3.63, 3.8) is 0 Å². The van der Waals surface area contributed by atoms with Gasteiger partial charge in [-0.3, -0.25) is 0 Å². The van der Waals surface area contributed by atoms with E-state index in [1.807, 2.05) is 24.3 Å². The highest BCUT2D eigenvalue weighted by molar-refractivity contribution is 9.08. The van der Waals surface area contributed by atoms with Crippen LogP contribution in [0.3, 0.4) is 0 Å². The summed E-state index contributed by atoms with van der Waals surface area (Å²) in [4.78, 5) is 0. The van der Waals surface area contributed by atoms with Crippen molar-refractivity contribution < 1.29 is 4.57 Å². The number of rotatable bonds is 2. The minimum absolute atomic E-state index is 0.820. The van der Waals surface area contributed by atoms with Gasteiger partial charge in [0, 0.05) is 10.6 Å². The molecule has 66 valence electrons. The van der Waals surface area contributed by atoms with Crippen LogP contribution >= 0.6 is 23.1 Å². The van der Waals surface area contributed by atoms with Crippen molar-refractivity contribution in [1.82, 2.24) is 0 Å². The Hall–Kier alpha value is -0.0700. The van der Waals surface area contributed by atoms with Gasteiger partial charge in [0.25, 0.3) is 0 Å². The summed E-state index contributed by atoms with van der Waals surface area (Å²) < 4.78 is 11.7. The zero-order chi connectivity index (χ0) is 9.19. The zero-order valence-corrected chi connectivity index (χ0v) is 9.73. The smallest absolute Gasteiger partial charge is 0.109 e. The molecule has 12 heavy (non-hydrogen) atoms. The predicted molar refractivity (Wildman–Crippen MR) is 58.2 cm³/mol. The summed E-state index contributed by atoms with van der Waals surface area (Å²) in [5, 5.41) is 1.78. The summed E-state index contributed by atoms with van der Waals surface area (Å²) >= 11 is 3.37. The number of hydrogen-bond donors (Lipinski definition) is 0. The summed E-state index contributed by atoms with van der Waals surface area (Å²) in [6.45, 7) is 3.58. The number of halogens is 1. The average molecular weight is 247 g/mol. The lowest BCUT2D eigenvalue weighted by Gasteiger charge is -2.07. The van der Waals surface area contributed by atoms with Gasteiger partial charge in [0.15, 0.2) is 0 Å². The summed E-state index contributed by atoms with van der Waals surface area (Å²) in [7, 11) is -2.08. The van der Waals surface area contributed by atoms with E-state index in [0.717, 1.165) is 10.6 Å². The van der Waals surface area contributed by atoms with Gasteiger partial charge in [0.2, 0.25) is 0 Å². The molecule has 1 rings (SSSR count). The van der Waals surface area contributed by atoms with Crippen LogP contribution < -0.4 is 5.30 Å². The lowest BCUT2D eigenvalue weighted by atomic mass is 10.2. The van der Waals surface area contributed by atoms with E-state index in [-0.39, 0.29) is 0 Å². The van der Waals surface area contributed by atoms with Gasteiger partial charge >= 0.3 is 0 Å². The van der Waals surface area contributed by atoms with Crippen LogP contribution in [0.5, 0.6) is 0 Å². The number of hydrogen-bond acceptors (Lipinski definition) is 1. The van der Waals surface area contributed by atoms with E-state index in [9.17, 15) is 4.57 Å². The number of alkyl halides is 1. The molecule has 0 spiro atoms. The third-order valence-electron chi connectivity index (χ3n) is 1.69. The van der Waals surface area contributed by atoms with Gasteiger partial charge < -0.3 is 4.57 Å². The second-order valence-electron chi connectivity index (χ2n) is 3.15. The summed E-state index contributed by atoms with van der Waals surface area (Å²) in [6.07, 6.45) is 0. The molecule has 1 nitrogen and oxygen atoms in total. The number of benzene rings is 1. The minimum atomic E-state index is -2.08. The molecule has 0 saturated heterocycles. The molecule has 0 amide bonds. The van der Waals surface area contributed by atoms with E-state index >= 15 is 0 Å². The Morgan fingerprint density at radius 1 is 1.42 bits per heavy atom. The quantitative estimate of drug-likeness (QED) is 0.580. The molecule has 0 saturated carbocycles. The second kappa shape index (κ2) is 3.76. The molecule has 0 aromatic heterocycles. The van der Waals surface area contributed by atoms with Crippen molar-refractivity contribution >= 4 is 28.4 Å². The van der Waals surface area contributed by atoms with Crippen molar-refractivity contribution in [2.45, 2.75) is 5.33 Å². The van der Waals surface area contributed by atoms with Crippen LogP contribution in [0.4, 0.5) is 0 Å². The van der Waals surface area contributed by atoms with Crippen LogP contribution in [0.15, 0.2) is 24.3 Å². The molecule has 0 aliphatic carbocycles. The van der Waals surface area contributed by atoms with Crippen LogP contribution in [-0.4, -0.2) is 13.3 Å². The van der Waals surface area contributed by atoms with Crippen LogP contribution in [-0.2, 0) is 9.90 Å². The highest BCUT2D eigenvalue weighted by Crippen LogP contribution is 2.34. The average Bonchev–Trinajstić information content (AvgIpc) is 2.03. The first kappa shape index (κ1) is 10.0. The third-order valence-corrected chi connectivity index (χ3v) is 3.86. The molecule has 0 N–H and O–H groups in total. The molecular weight excluding hydrogens is 235 g/mol. The lowest BCUT2D eigenvalue weighted by Crippen LogP contribution is -2.02. The third kappa shape index (κ3) is 2.46. The fraction of sp³-hybridized carbons (Fsp3) is 0.333. The molecule has 0 aliphatic rings. The highest BCUT2D eigenvalue weighted by Gasteiger charge is 2.10. The van der Waals surface area contributed by atoms with E-state index < -0.39 is 7.14 Å². The highest BCUT2D eigenvalue weighted by atomic mass is 79.9. The van der Waals surface area contributed by atoms with Crippen LogP contribution in [0.1, 0.15) is 5.56 Å². The Labute approximate surface area is 81.7 Å². The Kier molecular flexibility index (Phi) is 3.14. The Morgan fingerprint density at radius 2 is 2.08 bits per heavy atom. The second-order valence-corrected chi connectivity index (χ2v) is 6.93. The van der Waals surface area contributed by atoms with E-state index in [1.165, 1.54) is 5.56 Å². The molecule has 1 aromatic carbocycles. The molecule has 0 atom stereocenters. The molecule has 0 radical (unpaired) electrons. The first-order valence-corrected chi connectivity index (χ1v) is 7.47. The molecule has 1 aromatic rings. The van der Waals surface area contributed by atoms with E-state index in [0.29, 0.717) is 0 Å². The van der Waals surface area contributed by atoms with Gasteiger partial charge in [-0.2, -0.15) is 0 Å². The van der Waals surface area contributed by atoms with Crippen molar-refractivity contribution in [1.29, 1.82) is 0 Å². The van der Waals surface area contributed by atoms with Crippen LogP contribution in [0.2, 0.25) is 0 Å². The van der Waals surface area contributed by atoms with Crippen molar-refractivity contribution in [2.75, 3.05) is 13.3 Å². The fourth-order valence-electron chi connectivity index (χ4n) is 0.975. The first-order chi connectivity index (χ1) is 5.54. The Morgan fingerprint density at radius 3 is 2.58 bits per heavy atom. The van der Waals surface area contributed by atoms with E-state index in [1.54, 1.807) is 13.3 Å². The van der Waals surface area contributed by atoms with E-state index in [4.69, 9.17) is 0 Å². The Bertz CT molecular complexity index is 316. The van der Waals surface area contributed by atoms with Gasteiger partial charge in [0.05, 0.1) is 0 Å². The summed E-state index contributed by atoms with van der Waals surface area (Å²) in [5.74, 6) is 0. The van der Waals surface area contributed by atoms with Gasteiger partial charge in [0.1, 0.15) is 7.14 Å². The van der Waals surface area contributed by atoms with Crippen molar-refractivity contribution in [2.24, 2.45) is 0 Å². The monoisotopic (exact) mass is 246 g/mol. The normalized spacial score (nSPS) is 11.6. The maximum absolute atomic E-state index is 11.7. The maximum Gasteiger partial charge on any atom is 0.109 e. The van der Waals surface area contributed by atoms with Gasteiger partial charge in [-0.05, 0) is 25.0 Å². The standard InChI is InChI=1S/C9H12BrOP/c1-12(2,11)9-5-3-4-8(6-9)7-10/h3-6H,7H2,1-2H3. The maximum atomic E-state index is 11.7. The van der Waals surface area contributed by atoms with Crippen molar-refractivity contribution in [3.05, 3.63) is 29.8 Å². The molecule has 0 aliphatic heterocycles. The van der Waals surface area contributed by atoms with Gasteiger partial charge in [-0.1, -0.05) is 34.1 Å². The Balaban J connectivity index is 3.11. The lowest BCUT2D eigenvalue weighted by molar-refractivity contribution is 0.588. The van der Waals surface area contributed by atoms with Crippen molar-refractivity contribution in [3.8, 4) is 0 Å². The fourth-order valence-corrected chi connectivity index (χ4v) is 2.25. The molecule has 0 bridgehead atoms. The van der Waals surface area contributed by atoms with E-state index in [2.05, 4.69) is 15.9 Å². The molecule has 3 heteroatoms. The molecule has 0 heterocycles. The largest absolute Gasteiger partial charge is 0.319 e. The molecular formula is C9H12BrOP. The minimum Gasteiger partial charge on any atom is -0.319 e. The topological polar surface area (TPSA) is 17.1 Å². The summed E-state index contributed by atoms with van der Waals surface area (Å²) in [6, 6.07) is 7.89. The molecule has 0 unspecified atom stereocenters. The van der Waals surface area contributed by atoms with Gasteiger partial charge in [-0.15, -0.1) is 0 Å². The van der Waals surface area contributed by atoms with Gasteiger partial charge in [-0.25, -0.2) is 0 Å². The van der Waals surface area contributed by atoms with Crippen LogP contribution in [0.25, 0.3) is 0 Å². The first-order valence-electron chi connectivity index (χ1n) is 3.74. The predicted octanol–water partition coefficient (Wildman–Crippen LogP) is 2.83. The SMILES string of the molecule is CP(C)(=O)c1cccc(CBr)c1.